The van der Waals surface area contributed by atoms with Crippen LogP contribution in [0.15, 0.2) is 53.5 Å². The quantitative estimate of drug-likeness (QED) is 0.504. The number of hydrogen-bond donors (Lipinski definition) is 2. The van der Waals surface area contributed by atoms with Crippen LogP contribution in [0, 0.1) is 5.82 Å². The molecule has 5 nitrogen and oxygen atoms in total. The van der Waals surface area contributed by atoms with Crippen molar-refractivity contribution in [3.8, 4) is 0 Å². The lowest BCUT2D eigenvalue weighted by molar-refractivity contribution is 0.0341. The van der Waals surface area contributed by atoms with E-state index in [0.717, 1.165) is 64.7 Å². The number of ether oxygens (including phenoxy) is 1. The van der Waals surface area contributed by atoms with Crippen molar-refractivity contribution in [1.82, 2.24) is 15.5 Å². The second kappa shape index (κ2) is 10.2. The summed E-state index contributed by atoms with van der Waals surface area (Å²) in [6.45, 7) is 8.85. The van der Waals surface area contributed by atoms with Gasteiger partial charge in [0.15, 0.2) is 5.96 Å². The molecule has 0 unspecified atom stereocenters. The van der Waals surface area contributed by atoms with Gasteiger partial charge in [-0.25, -0.2) is 9.38 Å². The zero-order chi connectivity index (χ0) is 21.5. The minimum absolute atomic E-state index is 0.0954. The zero-order valence-corrected chi connectivity index (χ0v) is 18.4. The molecule has 1 aliphatic carbocycles. The molecular weight excluding hydrogens is 391 g/mol. The van der Waals surface area contributed by atoms with Gasteiger partial charge in [-0.05, 0) is 48.6 Å². The number of nitrogens with zero attached hydrogens (tertiary/aromatic N) is 2. The molecule has 2 aromatic carbocycles. The summed E-state index contributed by atoms with van der Waals surface area (Å²) in [5.41, 5.74) is 3.88. The lowest BCUT2D eigenvalue weighted by Crippen LogP contribution is -2.41. The molecule has 1 saturated carbocycles. The van der Waals surface area contributed by atoms with Gasteiger partial charge in [0.2, 0.25) is 0 Å². The average Bonchev–Trinajstić information content (AvgIpc) is 3.59. The number of hydrogen-bond acceptors (Lipinski definition) is 3. The maximum atomic E-state index is 13.3. The van der Waals surface area contributed by atoms with Gasteiger partial charge in [0.05, 0.1) is 19.8 Å². The molecule has 0 amide bonds. The van der Waals surface area contributed by atoms with Crippen molar-refractivity contribution in [2.75, 3.05) is 39.4 Å². The lowest BCUT2D eigenvalue weighted by atomic mass is 9.96. The summed E-state index contributed by atoms with van der Waals surface area (Å²) in [5, 5.41) is 6.89. The van der Waals surface area contributed by atoms with Gasteiger partial charge in [-0.15, -0.1) is 0 Å². The summed E-state index contributed by atoms with van der Waals surface area (Å²) < 4.78 is 18.8. The Kier molecular flexibility index (Phi) is 7.20. The molecular formula is C25H33FN4O. The van der Waals surface area contributed by atoms with Crippen LogP contribution in [0.5, 0.6) is 0 Å². The van der Waals surface area contributed by atoms with E-state index in [-0.39, 0.29) is 11.2 Å². The average molecular weight is 425 g/mol. The Bertz CT molecular complexity index is 873. The summed E-state index contributed by atoms with van der Waals surface area (Å²) in [6.07, 6.45) is 2.24. The molecule has 0 spiro atoms. The number of guanidine groups is 1. The van der Waals surface area contributed by atoms with E-state index in [9.17, 15) is 4.39 Å². The molecule has 0 bridgehead atoms. The topological polar surface area (TPSA) is 48.9 Å². The molecule has 1 saturated heterocycles. The van der Waals surface area contributed by atoms with E-state index >= 15 is 0 Å². The molecule has 0 radical (unpaired) electrons. The van der Waals surface area contributed by atoms with Crippen LogP contribution in [-0.2, 0) is 23.2 Å². The van der Waals surface area contributed by atoms with Crippen molar-refractivity contribution in [2.24, 2.45) is 4.99 Å². The first kappa shape index (κ1) is 21.8. The van der Waals surface area contributed by atoms with Gasteiger partial charge in [0.25, 0.3) is 0 Å². The predicted octanol–water partition coefficient (Wildman–Crippen LogP) is 3.44. The first-order valence-electron chi connectivity index (χ1n) is 11.3. The van der Waals surface area contributed by atoms with Gasteiger partial charge in [-0.1, -0.05) is 36.4 Å². The number of rotatable bonds is 8. The highest BCUT2D eigenvalue weighted by molar-refractivity contribution is 5.80. The van der Waals surface area contributed by atoms with Crippen molar-refractivity contribution >= 4 is 5.96 Å². The van der Waals surface area contributed by atoms with Gasteiger partial charge in [-0.2, -0.15) is 0 Å². The molecule has 6 heteroatoms. The SMILES string of the molecule is CCNC(=NCc1ccccc1CN1CCOCC1)NCC1(c2ccc(F)cc2)CC1. The Hall–Kier alpha value is -2.44. The lowest BCUT2D eigenvalue weighted by Gasteiger charge is -2.27. The molecule has 2 aliphatic rings. The molecule has 2 fully saturated rings. The molecule has 0 atom stereocenters. The largest absolute Gasteiger partial charge is 0.379 e. The van der Waals surface area contributed by atoms with Crippen LogP contribution in [0.25, 0.3) is 0 Å². The molecule has 4 rings (SSSR count). The van der Waals surface area contributed by atoms with Gasteiger partial charge >= 0.3 is 0 Å². The van der Waals surface area contributed by atoms with Crippen molar-refractivity contribution in [3.05, 3.63) is 71.0 Å². The summed E-state index contributed by atoms with van der Waals surface area (Å²) in [7, 11) is 0. The first-order chi connectivity index (χ1) is 15.2. The fourth-order valence-electron chi connectivity index (χ4n) is 4.15. The Morgan fingerprint density at radius 2 is 1.74 bits per heavy atom. The van der Waals surface area contributed by atoms with Crippen LogP contribution < -0.4 is 10.6 Å². The van der Waals surface area contributed by atoms with Gasteiger partial charge in [-0.3, -0.25) is 4.90 Å². The Balaban J connectivity index is 1.39. The molecule has 166 valence electrons. The maximum absolute atomic E-state index is 13.3. The van der Waals surface area contributed by atoms with E-state index in [0.29, 0.717) is 6.54 Å². The third-order valence-corrected chi connectivity index (χ3v) is 6.27. The van der Waals surface area contributed by atoms with Gasteiger partial charge in [0, 0.05) is 38.1 Å². The minimum atomic E-state index is -0.182. The first-order valence-corrected chi connectivity index (χ1v) is 11.3. The maximum Gasteiger partial charge on any atom is 0.191 e. The molecule has 2 N–H and O–H groups in total. The highest BCUT2D eigenvalue weighted by Crippen LogP contribution is 2.47. The van der Waals surface area contributed by atoms with E-state index in [4.69, 9.17) is 9.73 Å². The van der Waals surface area contributed by atoms with E-state index in [1.54, 1.807) is 12.1 Å². The third-order valence-electron chi connectivity index (χ3n) is 6.27. The molecule has 31 heavy (non-hydrogen) atoms. The van der Waals surface area contributed by atoms with Crippen LogP contribution in [0.2, 0.25) is 0 Å². The number of morpholine rings is 1. The summed E-state index contributed by atoms with van der Waals surface area (Å²) in [5.74, 6) is 0.648. The van der Waals surface area contributed by atoms with Crippen LogP contribution in [0.4, 0.5) is 4.39 Å². The van der Waals surface area contributed by atoms with E-state index < -0.39 is 0 Å². The van der Waals surface area contributed by atoms with Crippen molar-refractivity contribution in [2.45, 2.75) is 38.3 Å². The molecule has 2 aromatic rings. The Labute approximate surface area is 184 Å². The van der Waals surface area contributed by atoms with Crippen molar-refractivity contribution in [3.63, 3.8) is 0 Å². The highest BCUT2D eigenvalue weighted by atomic mass is 19.1. The van der Waals surface area contributed by atoms with Gasteiger partial charge in [0.1, 0.15) is 5.82 Å². The minimum Gasteiger partial charge on any atom is -0.379 e. The Morgan fingerprint density at radius 1 is 1.03 bits per heavy atom. The second-order valence-corrected chi connectivity index (χ2v) is 8.49. The van der Waals surface area contributed by atoms with Crippen LogP contribution >= 0.6 is 0 Å². The standard InChI is InChI=1S/C25H33FN4O/c1-2-27-24(29-19-25(11-12-25)22-7-9-23(26)10-8-22)28-17-20-5-3-4-6-21(20)18-30-13-15-31-16-14-30/h3-10H,2,11-19H2,1H3,(H2,27,28,29). The monoisotopic (exact) mass is 424 g/mol. The van der Waals surface area contributed by atoms with Crippen LogP contribution in [0.1, 0.15) is 36.5 Å². The molecule has 1 aliphatic heterocycles. The van der Waals surface area contributed by atoms with E-state index in [1.165, 1.54) is 16.7 Å². The smallest absolute Gasteiger partial charge is 0.191 e. The summed E-state index contributed by atoms with van der Waals surface area (Å²) in [4.78, 5) is 7.31. The highest BCUT2D eigenvalue weighted by Gasteiger charge is 2.44. The van der Waals surface area contributed by atoms with E-state index in [1.807, 2.05) is 12.1 Å². The van der Waals surface area contributed by atoms with Gasteiger partial charge < -0.3 is 15.4 Å². The fraction of sp³-hybridized carbons (Fsp3) is 0.480. The normalized spacial score (nSPS) is 18.6. The third kappa shape index (κ3) is 5.83. The van der Waals surface area contributed by atoms with Crippen molar-refractivity contribution in [1.29, 1.82) is 0 Å². The summed E-state index contributed by atoms with van der Waals surface area (Å²) >= 11 is 0. The van der Waals surface area contributed by atoms with Crippen LogP contribution in [-0.4, -0.2) is 50.3 Å². The van der Waals surface area contributed by atoms with E-state index in [2.05, 4.69) is 46.7 Å². The Morgan fingerprint density at radius 3 is 2.42 bits per heavy atom. The second-order valence-electron chi connectivity index (χ2n) is 8.49. The molecule has 1 heterocycles. The number of halogens is 1. The number of nitrogens with one attached hydrogen (secondary N) is 2. The molecule has 0 aromatic heterocycles. The van der Waals surface area contributed by atoms with Crippen molar-refractivity contribution < 1.29 is 9.13 Å². The summed E-state index contributed by atoms with van der Waals surface area (Å²) in [6, 6.07) is 15.5. The predicted molar refractivity (Wildman–Crippen MR) is 123 cm³/mol. The number of benzene rings is 2. The zero-order valence-electron chi connectivity index (χ0n) is 18.4. The number of aliphatic imine (C=N–C) groups is 1. The fourth-order valence-corrected chi connectivity index (χ4v) is 4.15. The van der Waals surface area contributed by atoms with Crippen LogP contribution in [0.3, 0.4) is 0 Å².